The second-order valence-electron chi connectivity index (χ2n) is 8.82. The number of carbonyl (C=O) groups is 1. The van der Waals surface area contributed by atoms with E-state index in [0.29, 0.717) is 31.0 Å². The number of anilines is 2. The van der Waals surface area contributed by atoms with Gasteiger partial charge in [0, 0.05) is 60.6 Å². The van der Waals surface area contributed by atoms with E-state index in [1.807, 2.05) is 36.1 Å². The fraction of sp³-hybridized carbons (Fsp3) is 0.259. The maximum Gasteiger partial charge on any atom is 0.289 e. The molecule has 2 N–H and O–H groups in total. The molecular weight excluding hydrogens is 428 g/mol. The summed E-state index contributed by atoms with van der Waals surface area (Å²) in [5.41, 5.74) is 5.88. The summed E-state index contributed by atoms with van der Waals surface area (Å²) < 4.78 is 5.23. The molecular formula is C27H28N4O3. The van der Waals surface area contributed by atoms with Crippen molar-refractivity contribution in [3.8, 4) is 0 Å². The molecule has 34 heavy (non-hydrogen) atoms. The summed E-state index contributed by atoms with van der Waals surface area (Å²) in [7, 11) is 0. The van der Waals surface area contributed by atoms with Gasteiger partial charge in [-0.25, -0.2) is 0 Å². The number of aryl methyl sites for hydroxylation is 2. The van der Waals surface area contributed by atoms with Gasteiger partial charge in [0.1, 0.15) is 0 Å². The van der Waals surface area contributed by atoms with Crippen molar-refractivity contribution in [1.82, 2.24) is 9.88 Å². The summed E-state index contributed by atoms with van der Waals surface area (Å²) in [5, 5.41) is 4.43. The molecule has 7 heteroatoms. The van der Waals surface area contributed by atoms with Crippen molar-refractivity contribution < 1.29 is 9.21 Å². The van der Waals surface area contributed by atoms with Crippen LogP contribution in [0.25, 0.3) is 10.9 Å². The van der Waals surface area contributed by atoms with Crippen LogP contribution in [0, 0.1) is 13.8 Å². The fourth-order valence-electron chi connectivity index (χ4n) is 4.56. The molecule has 2 aromatic heterocycles. The minimum absolute atomic E-state index is 0.0572. The van der Waals surface area contributed by atoms with Crippen molar-refractivity contribution in [3.05, 3.63) is 93.7 Å². The number of hydrogen-bond donors (Lipinski definition) is 2. The molecule has 0 bridgehead atoms. The van der Waals surface area contributed by atoms with Gasteiger partial charge in [0.25, 0.3) is 11.5 Å². The van der Waals surface area contributed by atoms with E-state index < -0.39 is 0 Å². The number of hydrogen-bond acceptors (Lipinski definition) is 5. The van der Waals surface area contributed by atoms with Gasteiger partial charge in [-0.05, 0) is 73.5 Å². The summed E-state index contributed by atoms with van der Waals surface area (Å²) in [4.78, 5) is 32.1. The molecule has 3 heterocycles. The Labute approximate surface area is 198 Å². The number of aromatic amines is 1. The predicted octanol–water partition coefficient (Wildman–Crippen LogP) is 4.31. The van der Waals surface area contributed by atoms with Gasteiger partial charge < -0.3 is 24.5 Å². The lowest BCUT2D eigenvalue weighted by Gasteiger charge is -2.35. The second kappa shape index (κ2) is 9.09. The van der Waals surface area contributed by atoms with Crippen molar-refractivity contribution in [1.29, 1.82) is 0 Å². The quantitative estimate of drug-likeness (QED) is 0.468. The van der Waals surface area contributed by atoms with Crippen LogP contribution in [0.3, 0.4) is 0 Å². The average molecular weight is 457 g/mol. The normalized spacial score (nSPS) is 13.9. The monoisotopic (exact) mass is 456 g/mol. The van der Waals surface area contributed by atoms with Crippen LogP contribution in [0.15, 0.2) is 70.1 Å². The summed E-state index contributed by atoms with van der Waals surface area (Å²) in [6.45, 7) is 7.40. The molecule has 1 amide bonds. The summed E-state index contributed by atoms with van der Waals surface area (Å²) in [6, 6.07) is 17.8. The highest BCUT2D eigenvalue weighted by molar-refractivity contribution is 5.91. The highest BCUT2D eigenvalue weighted by atomic mass is 16.3. The minimum Gasteiger partial charge on any atom is -0.459 e. The van der Waals surface area contributed by atoms with Crippen LogP contribution in [0.4, 0.5) is 11.4 Å². The molecule has 174 valence electrons. The van der Waals surface area contributed by atoms with E-state index >= 15 is 0 Å². The standard InChI is InChI=1S/C27H28N4O3/c1-18-14-19(2)23-16-20(26(32)29-24(23)15-18)17-28-21-5-7-22(8-6-21)30-9-11-31(12-10-30)27(33)25-4-3-13-34-25/h3-8,13-16,28H,9-12,17H2,1-2H3,(H,29,32). The number of nitrogens with zero attached hydrogens (tertiary/aromatic N) is 2. The lowest BCUT2D eigenvalue weighted by atomic mass is 10.0. The highest BCUT2D eigenvalue weighted by Gasteiger charge is 2.23. The van der Waals surface area contributed by atoms with E-state index in [-0.39, 0.29) is 11.5 Å². The Bertz CT molecular complexity index is 1370. The third-order valence-electron chi connectivity index (χ3n) is 6.40. The molecule has 7 nitrogen and oxygen atoms in total. The Hall–Kier alpha value is -4.00. The molecule has 2 aromatic carbocycles. The van der Waals surface area contributed by atoms with Crippen molar-refractivity contribution >= 4 is 28.2 Å². The molecule has 0 unspecified atom stereocenters. The molecule has 1 aliphatic heterocycles. The van der Waals surface area contributed by atoms with E-state index in [0.717, 1.165) is 46.5 Å². The topological polar surface area (TPSA) is 81.6 Å². The third-order valence-corrected chi connectivity index (χ3v) is 6.40. The van der Waals surface area contributed by atoms with Gasteiger partial charge in [-0.3, -0.25) is 9.59 Å². The van der Waals surface area contributed by atoms with Crippen LogP contribution in [0.5, 0.6) is 0 Å². The van der Waals surface area contributed by atoms with Crippen LogP contribution < -0.4 is 15.8 Å². The van der Waals surface area contributed by atoms with Crippen molar-refractivity contribution in [3.63, 3.8) is 0 Å². The summed E-state index contributed by atoms with van der Waals surface area (Å²) >= 11 is 0. The minimum atomic E-state index is -0.0661. The van der Waals surface area contributed by atoms with Crippen molar-refractivity contribution in [2.45, 2.75) is 20.4 Å². The molecule has 5 rings (SSSR count). The fourth-order valence-corrected chi connectivity index (χ4v) is 4.56. The highest BCUT2D eigenvalue weighted by Crippen LogP contribution is 2.22. The van der Waals surface area contributed by atoms with E-state index in [4.69, 9.17) is 4.42 Å². The van der Waals surface area contributed by atoms with Crippen molar-refractivity contribution in [2.75, 3.05) is 36.4 Å². The van der Waals surface area contributed by atoms with E-state index in [2.05, 4.69) is 40.3 Å². The summed E-state index contributed by atoms with van der Waals surface area (Å²) in [6.07, 6.45) is 1.52. The summed E-state index contributed by atoms with van der Waals surface area (Å²) in [5.74, 6) is 0.331. The number of rotatable bonds is 5. The third kappa shape index (κ3) is 4.41. The molecule has 0 spiro atoms. The zero-order chi connectivity index (χ0) is 23.7. The number of aromatic nitrogens is 1. The van der Waals surface area contributed by atoms with Crippen LogP contribution in [-0.4, -0.2) is 42.0 Å². The number of furan rings is 1. The van der Waals surface area contributed by atoms with E-state index in [9.17, 15) is 9.59 Å². The average Bonchev–Trinajstić information content (AvgIpc) is 3.38. The van der Waals surface area contributed by atoms with Crippen LogP contribution >= 0.6 is 0 Å². The SMILES string of the molecule is Cc1cc(C)c2cc(CNc3ccc(N4CCN(C(=O)c5ccco5)CC4)cc3)c(=O)[nH]c2c1. The second-order valence-corrected chi connectivity index (χ2v) is 8.82. The van der Waals surface area contributed by atoms with Gasteiger partial charge in [0.2, 0.25) is 0 Å². The number of benzene rings is 2. The first-order chi connectivity index (χ1) is 16.5. The van der Waals surface area contributed by atoms with Crippen LogP contribution in [0.1, 0.15) is 27.2 Å². The number of pyridine rings is 1. The van der Waals surface area contributed by atoms with E-state index in [1.165, 1.54) is 6.26 Å². The maximum absolute atomic E-state index is 12.6. The number of fused-ring (bicyclic) bond motifs is 1. The van der Waals surface area contributed by atoms with Crippen LogP contribution in [0.2, 0.25) is 0 Å². The van der Waals surface area contributed by atoms with Gasteiger partial charge in [-0.2, -0.15) is 0 Å². The number of carbonyl (C=O) groups excluding carboxylic acids is 1. The molecule has 0 radical (unpaired) electrons. The van der Waals surface area contributed by atoms with Gasteiger partial charge >= 0.3 is 0 Å². The molecule has 4 aromatic rings. The Balaban J connectivity index is 1.20. The lowest BCUT2D eigenvalue weighted by Crippen LogP contribution is -2.48. The number of nitrogens with one attached hydrogen (secondary N) is 2. The zero-order valence-electron chi connectivity index (χ0n) is 19.4. The lowest BCUT2D eigenvalue weighted by molar-refractivity contribution is 0.0714. The smallest absolute Gasteiger partial charge is 0.289 e. The first-order valence-corrected chi connectivity index (χ1v) is 11.5. The van der Waals surface area contributed by atoms with Gasteiger partial charge in [0.15, 0.2) is 5.76 Å². The largest absolute Gasteiger partial charge is 0.459 e. The molecule has 0 aliphatic carbocycles. The van der Waals surface area contributed by atoms with Gasteiger partial charge in [-0.1, -0.05) is 6.07 Å². The van der Waals surface area contributed by atoms with Gasteiger partial charge in [0.05, 0.1) is 6.26 Å². The van der Waals surface area contributed by atoms with Crippen LogP contribution in [-0.2, 0) is 6.54 Å². The number of piperazine rings is 1. The predicted molar refractivity (Wildman–Crippen MR) is 135 cm³/mol. The Kier molecular flexibility index (Phi) is 5.84. The van der Waals surface area contributed by atoms with E-state index in [1.54, 1.807) is 12.1 Å². The number of amides is 1. The zero-order valence-corrected chi connectivity index (χ0v) is 19.4. The first kappa shape index (κ1) is 21.8. The number of H-pyrrole nitrogens is 1. The Morgan fingerprint density at radius 3 is 2.50 bits per heavy atom. The molecule has 0 atom stereocenters. The molecule has 0 saturated carbocycles. The molecule has 1 aliphatic rings. The first-order valence-electron chi connectivity index (χ1n) is 11.5. The molecule has 1 fully saturated rings. The Morgan fingerprint density at radius 1 is 1.03 bits per heavy atom. The van der Waals surface area contributed by atoms with Gasteiger partial charge in [-0.15, -0.1) is 0 Å². The van der Waals surface area contributed by atoms with Crippen molar-refractivity contribution in [2.24, 2.45) is 0 Å². The maximum atomic E-state index is 12.6. The Morgan fingerprint density at radius 2 is 1.79 bits per heavy atom. The molecule has 1 saturated heterocycles.